The molecule has 0 aliphatic carbocycles. The SMILES string of the molecule is CCNC(=O)COc1ccc(C=C2C(=O)N(c3cccc(C)c3)C(=O)c3ccccc32)cc1OC. The molecule has 178 valence electrons. The van der Waals surface area contributed by atoms with Crippen LogP contribution < -0.4 is 19.7 Å². The van der Waals surface area contributed by atoms with Gasteiger partial charge in [0.1, 0.15) is 0 Å². The summed E-state index contributed by atoms with van der Waals surface area (Å²) < 4.78 is 11.0. The van der Waals surface area contributed by atoms with Gasteiger partial charge < -0.3 is 14.8 Å². The monoisotopic (exact) mass is 470 g/mol. The summed E-state index contributed by atoms with van der Waals surface area (Å²) in [6.45, 7) is 4.13. The number of imide groups is 1. The van der Waals surface area contributed by atoms with E-state index in [-0.39, 0.29) is 18.4 Å². The molecule has 4 rings (SSSR count). The molecule has 0 atom stereocenters. The molecule has 1 N–H and O–H groups in total. The normalized spacial score (nSPS) is 14.0. The highest BCUT2D eigenvalue weighted by Crippen LogP contribution is 2.35. The Hall–Kier alpha value is -4.39. The maximum absolute atomic E-state index is 13.6. The smallest absolute Gasteiger partial charge is 0.265 e. The molecule has 0 bridgehead atoms. The number of aryl methyl sites for hydroxylation is 1. The number of nitrogens with one attached hydrogen (secondary N) is 1. The van der Waals surface area contributed by atoms with Gasteiger partial charge in [-0.1, -0.05) is 36.4 Å². The molecule has 1 heterocycles. The molecule has 3 aromatic rings. The Morgan fingerprint density at radius 3 is 2.43 bits per heavy atom. The molecule has 7 heteroatoms. The van der Waals surface area contributed by atoms with Crippen LogP contribution in [0.4, 0.5) is 5.69 Å². The van der Waals surface area contributed by atoms with Gasteiger partial charge in [-0.05, 0) is 66.9 Å². The zero-order valence-corrected chi connectivity index (χ0v) is 19.8. The average Bonchev–Trinajstić information content (AvgIpc) is 2.86. The maximum atomic E-state index is 13.6. The molecule has 1 aliphatic rings. The van der Waals surface area contributed by atoms with Gasteiger partial charge in [-0.15, -0.1) is 0 Å². The van der Waals surface area contributed by atoms with Crippen LogP contribution in [-0.4, -0.2) is 38.0 Å². The van der Waals surface area contributed by atoms with Gasteiger partial charge in [-0.2, -0.15) is 0 Å². The second kappa shape index (κ2) is 10.3. The van der Waals surface area contributed by atoms with Crippen LogP contribution in [0.5, 0.6) is 11.5 Å². The van der Waals surface area contributed by atoms with Crippen molar-refractivity contribution in [1.82, 2.24) is 5.32 Å². The van der Waals surface area contributed by atoms with Crippen molar-refractivity contribution < 1.29 is 23.9 Å². The lowest BCUT2D eigenvalue weighted by Gasteiger charge is -2.29. The van der Waals surface area contributed by atoms with E-state index in [9.17, 15) is 14.4 Å². The van der Waals surface area contributed by atoms with Crippen molar-refractivity contribution in [2.45, 2.75) is 13.8 Å². The molecule has 1 aliphatic heterocycles. The predicted molar refractivity (Wildman–Crippen MR) is 134 cm³/mol. The Balaban J connectivity index is 1.73. The molecular weight excluding hydrogens is 444 g/mol. The van der Waals surface area contributed by atoms with Gasteiger partial charge in [0.25, 0.3) is 17.7 Å². The summed E-state index contributed by atoms with van der Waals surface area (Å²) in [7, 11) is 1.50. The molecule has 0 aromatic heterocycles. The van der Waals surface area contributed by atoms with Crippen LogP contribution in [0.2, 0.25) is 0 Å². The predicted octanol–water partition coefficient (Wildman–Crippen LogP) is 4.25. The first-order chi connectivity index (χ1) is 16.9. The number of rotatable bonds is 7. The van der Waals surface area contributed by atoms with Crippen LogP contribution in [0, 0.1) is 6.92 Å². The zero-order valence-electron chi connectivity index (χ0n) is 19.8. The van der Waals surface area contributed by atoms with Crippen molar-refractivity contribution in [2.24, 2.45) is 0 Å². The molecule has 35 heavy (non-hydrogen) atoms. The van der Waals surface area contributed by atoms with E-state index in [1.165, 1.54) is 12.0 Å². The average molecular weight is 471 g/mol. The molecule has 0 radical (unpaired) electrons. The number of nitrogens with zero attached hydrogens (tertiary/aromatic N) is 1. The fraction of sp³-hybridized carbons (Fsp3) is 0.179. The standard InChI is InChI=1S/C28H26N2O5/c1-4-29-26(31)17-35-24-13-12-19(16-25(24)34-3)15-23-21-10-5-6-11-22(21)27(32)30(28(23)33)20-9-7-8-18(2)14-20/h5-16H,4,17H2,1-3H3,(H,29,31). The van der Waals surface area contributed by atoms with Crippen molar-refractivity contribution >= 4 is 35.1 Å². The van der Waals surface area contributed by atoms with Gasteiger partial charge in [0.05, 0.1) is 12.8 Å². The second-order valence-electron chi connectivity index (χ2n) is 8.04. The van der Waals surface area contributed by atoms with Gasteiger partial charge in [0.15, 0.2) is 18.1 Å². The number of ether oxygens (including phenoxy) is 2. The number of hydrogen-bond donors (Lipinski definition) is 1. The van der Waals surface area contributed by atoms with E-state index in [2.05, 4.69) is 5.32 Å². The number of carbonyl (C=O) groups excluding carboxylic acids is 3. The van der Waals surface area contributed by atoms with Crippen LogP contribution in [-0.2, 0) is 9.59 Å². The molecule has 3 aromatic carbocycles. The van der Waals surface area contributed by atoms with Gasteiger partial charge in [-0.25, -0.2) is 4.90 Å². The molecule has 0 saturated heterocycles. The molecule has 0 fully saturated rings. The Morgan fingerprint density at radius 2 is 1.71 bits per heavy atom. The summed E-state index contributed by atoms with van der Waals surface area (Å²) in [5.41, 5.74) is 3.56. The lowest BCUT2D eigenvalue weighted by molar-refractivity contribution is -0.123. The first-order valence-electron chi connectivity index (χ1n) is 11.3. The van der Waals surface area contributed by atoms with Crippen molar-refractivity contribution in [3.63, 3.8) is 0 Å². The summed E-state index contributed by atoms with van der Waals surface area (Å²) in [5.74, 6) is -0.166. The largest absolute Gasteiger partial charge is 0.493 e. The fourth-order valence-corrected chi connectivity index (χ4v) is 3.95. The van der Waals surface area contributed by atoms with Crippen molar-refractivity contribution in [3.8, 4) is 11.5 Å². The van der Waals surface area contributed by atoms with Crippen LogP contribution in [0.25, 0.3) is 11.6 Å². The summed E-state index contributed by atoms with van der Waals surface area (Å²) in [6, 6.07) is 19.5. The lowest BCUT2D eigenvalue weighted by Crippen LogP contribution is -2.41. The van der Waals surface area contributed by atoms with E-state index in [4.69, 9.17) is 9.47 Å². The van der Waals surface area contributed by atoms with Gasteiger partial charge >= 0.3 is 0 Å². The minimum Gasteiger partial charge on any atom is -0.493 e. The van der Waals surface area contributed by atoms with E-state index in [0.29, 0.717) is 46.0 Å². The van der Waals surface area contributed by atoms with Gasteiger partial charge in [0, 0.05) is 17.7 Å². The molecule has 0 unspecified atom stereocenters. The quantitative estimate of drug-likeness (QED) is 0.412. The van der Waals surface area contributed by atoms with Crippen molar-refractivity contribution in [1.29, 1.82) is 0 Å². The van der Waals surface area contributed by atoms with E-state index >= 15 is 0 Å². The summed E-state index contributed by atoms with van der Waals surface area (Å²) in [4.78, 5) is 39.8. The molecule has 7 nitrogen and oxygen atoms in total. The lowest BCUT2D eigenvalue weighted by atomic mass is 9.91. The van der Waals surface area contributed by atoms with Crippen LogP contribution >= 0.6 is 0 Å². The first kappa shape index (κ1) is 23.8. The fourth-order valence-electron chi connectivity index (χ4n) is 3.95. The van der Waals surface area contributed by atoms with Crippen molar-refractivity contribution in [3.05, 3.63) is 89.0 Å². The molecular formula is C28H26N2O5. The van der Waals surface area contributed by atoms with Crippen LogP contribution in [0.3, 0.4) is 0 Å². The number of likely N-dealkylation sites (N-methyl/N-ethyl adjacent to an activating group) is 1. The minimum absolute atomic E-state index is 0.135. The highest BCUT2D eigenvalue weighted by molar-refractivity contribution is 6.43. The Bertz CT molecular complexity index is 1330. The van der Waals surface area contributed by atoms with Gasteiger partial charge in [-0.3, -0.25) is 14.4 Å². The third kappa shape index (κ3) is 4.94. The highest BCUT2D eigenvalue weighted by atomic mass is 16.5. The van der Waals surface area contributed by atoms with E-state index < -0.39 is 5.91 Å². The van der Waals surface area contributed by atoms with Crippen LogP contribution in [0.1, 0.15) is 34.0 Å². The Morgan fingerprint density at radius 1 is 0.943 bits per heavy atom. The van der Waals surface area contributed by atoms with Crippen LogP contribution in [0.15, 0.2) is 66.7 Å². The van der Waals surface area contributed by atoms with E-state index in [0.717, 1.165) is 5.56 Å². The van der Waals surface area contributed by atoms with Crippen molar-refractivity contribution in [2.75, 3.05) is 25.2 Å². The molecule has 0 saturated carbocycles. The van der Waals surface area contributed by atoms with E-state index in [1.807, 2.05) is 32.0 Å². The number of methoxy groups -OCH3 is 1. The summed E-state index contributed by atoms with van der Waals surface area (Å²) in [5, 5.41) is 2.67. The number of hydrogen-bond acceptors (Lipinski definition) is 5. The maximum Gasteiger partial charge on any atom is 0.265 e. The third-order valence-corrected chi connectivity index (χ3v) is 5.58. The Kier molecular flexibility index (Phi) is 6.96. The minimum atomic E-state index is -0.408. The number of anilines is 1. The number of benzene rings is 3. The number of amides is 3. The number of fused-ring (bicyclic) bond motifs is 1. The highest BCUT2D eigenvalue weighted by Gasteiger charge is 2.35. The Labute approximate surface area is 204 Å². The zero-order chi connectivity index (χ0) is 24.9. The molecule has 3 amide bonds. The number of carbonyl (C=O) groups is 3. The summed E-state index contributed by atoms with van der Waals surface area (Å²) in [6.07, 6.45) is 1.73. The third-order valence-electron chi connectivity index (χ3n) is 5.58. The molecule has 0 spiro atoms. The summed E-state index contributed by atoms with van der Waals surface area (Å²) >= 11 is 0. The van der Waals surface area contributed by atoms with E-state index in [1.54, 1.807) is 54.6 Å². The van der Waals surface area contributed by atoms with Gasteiger partial charge in [0.2, 0.25) is 0 Å². The first-order valence-corrected chi connectivity index (χ1v) is 11.3. The topological polar surface area (TPSA) is 84.9 Å². The second-order valence-corrected chi connectivity index (χ2v) is 8.04.